The van der Waals surface area contributed by atoms with Crippen molar-refractivity contribution in [3.05, 3.63) is 51.5 Å². The zero-order chi connectivity index (χ0) is 12.3. The van der Waals surface area contributed by atoms with Gasteiger partial charge in [0.15, 0.2) is 0 Å². The van der Waals surface area contributed by atoms with E-state index in [0.29, 0.717) is 6.04 Å². The Bertz CT molecular complexity index is 490. The number of nitrogens with one attached hydrogen (secondary N) is 1. The molecule has 0 spiro atoms. The van der Waals surface area contributed by atoms with Crippen LogP contribution in [0.25, 0.3) is 0 Å². The molecule has 3 heteroatoms. The molecule has 0 amide bonds. The molecular weight excluding hydrogens is 228 g/mol. The quantitative estimate of drug-likeness (QED) is 0.891. The van der Waals surface area contributed by atoms with Crippen molar-refractivity contribution in [3.8, 4) is 0 Å². The van der Waals surface area contributed by atoms with Crippen molar-refractivity contribution in [2.75, 3.05) is 0 Å². The van der Waals surface area contributed by atoms with Gasteiger partial charge in [-0.1, -0.05) is 0 Å². The molecule has 2 rings (SSSR count). The van der Waals surface area contributed by atoms with Gasteiger partial charge in [0.1, 0.15) is 0 Å². The summed E-state index contributed by atoms with van der Waals surface area (Å²) in [7, 11) is 0. The van der Waals surface area contributed by atoms with Crippen LogP contribution in [0.5, 0.6) is 0 Å². The van der Waals surface area contributed by atoms with Gasteiger partial charge in [-0.25, -0.2) is 0 Å². The average Bonchev–Trinajstić information content (AvgIpc) is 2.74. The van der Waals surface area contributed by atoms with Gasteiger partial charge < -0.3 is 5.32 Å². The van der Waals surface area contributed by atoms with Crippen LogP contribution >= 0.6 is 11.3 Å². The highest BCUT2D eigenvalue weighted by atomic mass is 32.1. The highest BCUT2D eigenvalue weighted by molar-refractivity contribution is 7.12. The third-order valence-electron chi connectivity index (χ3n) is 2.93. The average molecular weight is 246 g/mol. The molecule has 1 N–H and O–H groups in total. The van der Waals surface area contributed by atoms with Crippen LogP contribution in [0, 0.1) is 13.8 Å². The minimum absolute atomic E-state index is 0.397. The van der Waals surface area contributed by atoms with E-state index < -0.39 is 0 Å². The first-order chi connectivity index (χ1) is 8.16. The number of aryl methyl sites for hydroxylation is 2. The molecule has 2 aromatic rings. The summed E-state index contributed by atoms with van der Waals surface area (Å²) in [5.41, 5.74) is 2.56. The number of thiophene rings is 1. The van der Waals surface area contributed by atoms with Crippen molar-refractivity contribution < 1.29 is 0 Å². The molecule has 0 aliphatic rings. The van der Waals surface area contributed by atoms with Crippen LogP contribution in [-0.4, -0.2) is 4.98 Å². The van der Waals surface area contributed by atoms with Gasteiger partial charge in [0.05, 0.1) is 0 Å². The van der Waals surface area contributed by atoms with Crippen LogP contribution in [0.4, 0.5) is 0 Å². The van der Waals surface area contributed by atoms with Crippen molar-refractivity contribution in [1.29, 1.82) is 0 Å². The number of aromatic nitrogens is 1. The summed E-state index contributed by atoms with van der Waals surface area (Å²) in [6.45, 7) is 7.35. The second-order valence-corrected chi connectivity index (χ2v) is 5.67. The molecule has 90 valence electrons. The van der Waals surface area contributed by atoms with E-state index >= 15 is 0 Å². The molecule has 2 heterocycles. The summed E-state index contributed by atoms with van der Waals surface area (Å²) in [6.07, 6.45) is 3.78. The largest absolute Gasteiger partial charge is 0.305 e. The molecule has 2 nitrogen and oxygen atoms in total. The normalized spacial score (nSPS) is 12.6. The van der Waals surface area contributed by atoms with Gasteiger partial charge in [0.2, 0.25) is 0 Å². The minimum atomic E-state index is 0.397. The van der Waals surface area contributed by atoms with Crippen LogP contribution < -0.4 is 5.32 Å². The van der Waals surface area contributed by atoms with Crippen LogP contribution in [0.2, 0.25) is 0 Å². The first-order valence-corrected chi connectivity index (χ1v) is 6.67. The Hall–Kier alpha value is -1.19. The summed E-state index contributed by atoms with van der Waals surface area (Å²) in [5, 5.41) is 3.54. The van der Waals surface area contributed by atoms with E-state index in [4.69, 9.17) is 0 Å². The molecule has 0 aliphatic carbocycles. The predicted molar refractivity (Wildman–Crippen MR) is 73.3 cm³/mol. The van der Waals surface area contributed by atoms with Gasteiger partial charge in [0, 0.05) is 34.7 Å². The summed E-state index contributed by atoms with van der Waals surface area (Å²) in [5.74, 6) is 0. The van der Waals surface area contributed by atoms with Crippen molar-refractivity contribution in [2.24, 2.45) is 0 Å². The van der Waals surface area contributed by atoms with Gasteiger partial charge in [-0.15, -0.1) is 11.3 Å². The Morgan fingerprint density at radius 3 is 2.76 bits per heavy atom. The van der Waals surface area contributed by atoms with Crippen LogP contribution in [-0.2, 0) is 6.54 Å². The maximum Gasteiger partial charge on any atom is 0.0388 e. The van der Waals surface area contributed by atoms with Crippen molar-refractivity contribution in [3.63, 3.8) is 0 Å². The van der Waals surface area contributed by atoms with Gasteiger partial charge in [0.25, 0.3) is 0 Å². The molecular formula is C14H18N2S. The van der Waals surface area contributed by atoms with E-state index in [0.717, 1.165) is 6.54 Å². The van der Waals surface area contributed by atoms with E-state index in [-0.39, 0.29) is 0 Å². The summed E-state index contributed by atoms with van der Waals surface area (Å²) < 4.78 is 0. The fraction of sp³-hybridized carbons (Fsp3) is 0.357. The fourth-order valence-corrected chi connectivity index (χ4v) is 2.64. The van der Waals surface area contributed by atoms with Crippen molar-refractivity contribution in [2.45, 2.75) is 33.4 Å². The summed E-state index contributed by atoms with van der Waals surface area (Å²) in [4.78, 5) is 6.92. The lowest BCUT2D eigenvalue weighted by Crippen LogP contribution is -2.17. The van der Waals surface area contributed by atoms with Crippen molar-refractivity contribution in [1.82, 2.24) is 10.3 Å². The molecule has 0 saturated heterocycles. The molecule has 0 aromatic carbocycles. The van der Waals surface area contributed by atoms with E-state index in [1.165, 1.54) is 20.9 Å². The number of rotatable bonds is 4. The second kappa shape index (κ2) is 5.43. The molecule has 1 unspecified atom stereocenters. The SMILES string of the molecule is Cc1ccc(C(C)NCc2cnccc2C)s1. The smallest absolute Gasteiger partial charge is 0.0388 e. The standard InChI is InChI=1S/C14H18N2S/c1-10-6-7-15-8-13(10)9-16-12(3)14-5-4-11(2)17-14/h4-8,12,16H,9H2,1-3H3. The maximum atomic E-state index is 4.16. The Labute approximate surface area is 107 Å². The van der Waals surface area contributed by atoms with E-state index in [9.17, 15) is 0 Å². The van der Waals surface area contributed by atoms with Gasteiger partial charge in [-0.05, 0) is 50.1 Å². The number of pyridine rings is 1. The predicted octanol–water partition coefficient (Wildman–Crippen LogP) is 3.61. The Kier molecular flexibility index (Phi) is 3.92. The first-order valence-electron chi connectivity index (χ1n) is 5.86. The summed E-state index contributed by atoms with van der Waals surface area (Å²) >= 11 is 1.86. The molecule has 2 aromatic heterocycles. The lowest BCUT2D eigenvalue weighted by molar-refractivity contribution is 0.580. The third-order valence-corrected chi connectivity index (χ3v) is 4.12. The molecule has 0 fully saturated rings. The lowest BCUT2D eigenvalue weighted by Gasteiger charge is -2.13. The first kappa shape index (κ1) is 12.3. The fourth-order valence-electron chi connectivity index (χ4n) is 1.73. The summed E-state index contributed by atoms with van der Waals surface area (Å²) in [6, 6.07) is 6.83. The highest BCUT2D eigenvalue weighted by Crippen LogP contribution is 2.22. The van der Waals surface area contributed by atoms with Gasteiger partial charge in [-0.3, -0.25) is 4.98 Å². The van der Waals surface area contributed by atoms with Gasteiger partial charge in [-0.2, -0.15) is 0 Å². The molecule has 0 saturated carbocycles. The second-order valence-electron chi connectivity index (χ2n) is 4.35. The van der Waals surface area contributed by atoms with Crippen molar-refractivity contribution >= 4 is 11.3 Å². The topological polar surface area (TPSA) is 24.9 Å². The number of hydrogen-bond acceptors (Lipinski definition) is 3. The van der Waals surface area contributed by atoms with E-state index in [1.807, 2.05) is 23.7 Å². The highest BCUT2D eigenvalue weighted by Gasteiger charge is 2.07. The van der Waals surface area contributed by atoms with Crippen LogP contribution in [0.15, 0.2) is 30.6 Å². The maximum absolute atomic E-state index is 4.16. The van der Waals surface area contributed by atoms with E-state index in [2.05, 4.69) is 49.3 Å². The lowest BCUT2D eigenvalue weighted by atomic mass is 10.1. The number of hydrogen-bond donors (Lipinski definition) is 1. The van der Waals surface area contributed by atoms with Crippen LogP contribution in [0.1, 0.15) is 33.8 Å². The molecule has 17 heavy (non-hydrogen) atoms. The van der Waals surface area contributed by atoms with Crippen LogP contribution in [0.3, 0.4) is 0 Å². The molecule has 0 bridgehead atoms. The zero-order valence-corrected chi connectivity index (χ0v) is 11.3. The Morgan fingerprint density at radius 1 is 1.29 bits per heavy atom. The number of nitrogens with zero attached hydrogens (tertiary/aromatic N) is 1. The molecule has 0 aliphatic heterocycles. The Morgan fingerprint density at radius 2 is 2.12 bits per heavy atom. The molecule has 0 radical (unpaired) electrons. The van der Waals surface area contributed by atoms with E-state index in [1.54, 1.807) is 0 Å². The third kappa shape index (κ3) is 3.14. The monoisotopic (exact) mass is 246 g/mol. The minimum Gasteiger partial charge on any atom is -0.305 e. The zero-order valence-electron chi connectivity index (χ0n) is 10.5. The molecule has 1 atom stereocenters. The Balaban J connectivity index is 1.97. The van der Waals surface area contributed by atoms with Gasteiger partial charge >= 0.3 is 0 Å².